The van der Waals surface area contributed by atoms with Gasteiger partial charge in [0.25, 0.3) is 0 Å². The Morgan fingerprint density at radius 1 is 1.24 bits per heavy atom. The van der Waals surface area contributed by atoms with Gasteiger partial charge in [-0.15, -0.1) is 6.58 Å². The fourth-order valence-electron chi connectivity index (χ4n) is 2.16. The molecule has 1 aliphatic heterocycles. The first-order valence-corrected chi connectivity index (χ1v) is 7.62. The van der Waals surface area contributed by atoms with E-state index >= 15 is 0 Å². The van der Waals surface area contributed by atoms with Crippen LogP contribution >= 0.6 is 11.8 Å². The van der Waals surface area contributed by atoms with Crippen LogP contribution in [0.1, 0.15) is 0 Å². The molecular weight excluding hydrogens is 292 g/mol. The van der Waals surface area contributed by atoms with Gasteiger partial charge in [-0.25, -0.2) is 0 Å². The van der Waals surface area contributed by atoms with E-state index in [1.807, 2.05) is 30.3 Å². The van der Waals surface area contributed by atoms with Crippen LogP contribution in [0.25, 0.3) is 0 Å². The van der Waals surface area contributed by atoms with Gasteiger partial charge in [0.1, 0.15) is 29.9 Å². The van der Waals surface area contributed by atoms with Crippen molar-refractivity contribution >= 4 is 11.8 Å². The molecule has 1 aliphatic rings. The van der Waals surface area contributed by atoms with Crippen LogP contribution in [0.5, 0.6) is 0 Å². The van der Waals surface area contributed by atoms with E-state index in [0.29, 0.717) is 0 Å². The molecule has 1 saturated heterocycles. The molecule has 1 heterocycles. The molecule has 1 aromatic carbocycles. The van der Waals surface area contributed by atoms with Crippen molar-refractivity contribution in [1.82, 2.24) is 0 Å². The molecule has 0 aliphatic carbocycles. The summed E-state index contributed by atoms with van der Waals surface area (Å²) in [4.78, 5) is 0.928. The second-order valence-corrected chi connectivity index (χ2v) is 5.90. The molecule has 5 atom stereocenters. The number of thioether (sulfide) groups is 1. The molecular formula is C15H20O5S. The Hall–Kier alpha value is -0.890. The molecule has 0 unspecified atom stereocenters. The molecule has 0 spiro atoms. The van der Waals surface area contributed by atoms with Crippen molar-refractivity contribution in [2.24, 2.45) is 0 Å². The van der Waals surface area contributed by atoms with Crippen molar-refractivity contribution in [2.75, 3.05) is 13.2 Å². The van der Waals surface area contributed by atoms with Crippen LogP contribution in [0.2, 0.25) is 0 Å². The zero-order valence-corrected chi connectivity index (χ0v) is 12.4. The summed E-state index contributed by atoms with van der Waals surface area (Å²) in [5.74, 6) is 0. The molecule has 21 heavy (non-hydrogen) atoms. The monoisotopic (exact) mass is 312 g/mol. The molecule has 3 N–H and O–H groups in total. The molecule has 2 rings (SSSR count). The van der Waals surface area contributed by atoms with Crippen LogP contribution in [-0.2, 0) is 9.47 Å². The van der Waals surface area contributed by atoms with Crippen LogP contribution in [-0.4, -0.2) is 58.4 Å². The van der Waals surface area contributed by atoms with Crippen LogP contribution in [0.4, 0.5) is 0 Å². The third-order valence-electron chi connectivity index (χ3n) is 3.22. The summed E-state index contributed by atoms with van der Waals surface area (Å²) in [5, 5.41) is 29.8. The number of rotatable bonds is 6. The van der Waals surface area contributed by atoms with Crippen LogP contribution in [0, 0.1) is 0 Å². The number of hydrogen-bond acceptors (Lipinski definition) is 6. The first kappa shape index (κ1) is 16.5. The van der Waals surface area contributed by atoms with E-state index in [4.69, 9.17) is 9.47 Å². The highest BCUT2D eigenvalue weighted by Crippen LogP contribution is 2.34. The van der Waals surface area contributed by atoms with Crippen LogP contribution in [0.15, 0.2) is 47.9 Å². The molecule has 1 fully saturated rings. The normalized spacial score (nSPS) is 32.8. The van der Waals surface area contributed by atoms with Gasteiger partial charge in [-0.2, -0.15) is 0 Å². The van der Waals surface area contributed by atoms with Gasteiger partial charge in [0.05, 0.1) is 13.2 Å². The average molecular weight is 312 g/mol. The van der Waals surface area contributed by atoms with E-state index in [-0.39, 0.29) is 13.2 Å². The van der Waals surface area contributed by atoms with Gasteiger partial charge >= 0.3 is 0 Å². The predicted molar refractivity (Wildman–Crippen MR) is 80.0 cm³/mol. The first-order chi connectivity index (χ1) is 10.2. The summed E-state index contributed by atoms with van der Waals surface area (Å²) < 4.78 is 11.0. The van der Waals surface area contributed by atoms with E-state index in [1.54, 1.807) is 6.08 Å². The minimum atomic E-state index is -1.09. The van der Waals surface area contributed by atoms with E-state index in [0.717, 1.165) is 4.90 Å². The van der Waals surface area contributed by atoms with Crippen molar-refractivity contribution in [3.63, 3.8) is 0 Å². The molecule has 0 radical (unpaired) electrons. The van der Waals surface area contributed by atoms with Crippen molar-refractivity contribution in [2.45, 2.75) is 34.7 Å². The standard InChI is InChI=1S/C15H20O5S/c1-2-8-19-14-12(17)11(9-16)20-15(13(14)18)21-10-6-4-3-5-7-10/h2-7,11-18H,1,8-9H2/t11-,12-,13-,14+,15+/m1/s1. The van der Waals surface area contributed by atoms with Crippen molar-refractivity contribution in [3.8, 4) is 0 Å². The Morgan fingerprint density at radius 2 is 1.95 bits per heavy atom. The summed E-state index contributed by atoms with van der Waals surface area (Å²) in [6.07, 6.45) is -2.16. The number of aliphatic hydroxyl groups is 3. The third-order valence-corrected chi connectivity index (χ3v) is 4.39. The highest BCUT2D eigenvalue weighted by Gasteiger charge is 2.45. The smallest absolute Gasteiger partial charge is 0.136 e. The SMILES string of the molecule is C=CCO[C@@H]1[C@@H](O)[C@H](Sc2ccccc2)O[C@H](CO)[C@H]1O. The maximum Gasteiger partial charge on any atom is 0.136 e. The summed E-state index contributed by atoms with van der Waals surface area (Å²) >= 11 is 1.33. The van der Waals surface area contributed by atoms with Gasteiger partial charge < -0.3 is 24.8 Å². The van der Waals surface area contributed by atoms with Crippen molar-refractivity contribution in [1.29, 1.82) is 0 Å². The van der Waals surface area contributed by atoms with Gasteiger partial charge in [0, 0.05) is 4.90 Å². The fraction of sp³-hybridized carbons (Fsp3) is 0.467. The maximum atomic E-state index is 10.4. The number of benzene rings is 1. The Labute approximate surface area is 128 Å². The zero-order chi connectivity index (χ0) is 15.2. The average Bonchev–Trinajstić information content (AvgIpc) is 2.51. The number of aliphatic hydroxyl groups excluding tert-OH is 3. The van der Waals surface area contributed by atoms with Gasteiger partial charge in [-0.1, -0.05) is 36.0 Å². The Balaban J connectivity index is 2.10. The Morgan fingerprint density at radius 3 is 2.57 bits per heavy atom. The summed E-state index contributed by atoms with van der Waals surface area (Å²) in [6, 6.07) is 9.49. The van der Waals surface area contributed by atoms with Gasteiger partial charge in [0.2, 0.25) is 0 Å². The topological polar surface area (TPSA) is 79.2 Å². The molecule has 116 valence electrons. The molecule has 0 aromatic heterocycles. The quantitative estimate of drug-likeness (QED) is 0.674. The summed E-state index contributed by atoms with van der Waals surface area (Å²) in [6.45, 7) is 3.42. The maximum absolute atomic E-state index is 10.4. The molecule has 6 heteroatoms. The van der Waals surface area contributed by atoms with Crippen LogP contribution < -0.4 is 0 Å². The van der Waals surface area contributed by atoms with E-state index in [9.17, 15) is 15.3 Å². The zero-order valence-electron chi connectivity index (χ0n) is 11.5. The fourth-order valence-corrected chi connectivity index (χ4v) is 3.23. The van der Waals surface area contributed by atoms with E-state index < -0.39 is 29.9 Å². The lowest BCUT2D eigenvalue weighted by Crippen LogP contribution is -2.58. The van der Waals surface area contributed by atoms with Crippen molar-refractivity contribution in [3.05, 3.63) is 43.0 Å². The van der Waals surface area contributed by atoms with Crippen molar-refractivity contribution < 1.29 is 24.8 Å². The molecule has 1 aromatic rings. The van der Waals surface area contributed by atoms with Gasteiger partial charge in [0.15, 0.2) is 0 Å². The van der Waals surface area contributed by atoms with Gasteiger partial charge in [-0.3, -0.25) is 0 Å². The van der Waals surface area contributed by atoms with Gasteiger partial charge in [-0.05, 0) is 12.1 Å². The molecule has 0 amide bonds. The summed E-state index contributed by atoms with van der Waals surface area (Å²) in [7, 11) is 0. The van der Waals surface area contributed by atoms with E-state index in [2.05, 4.69) is 6.58 Å². The summed E-state index contributed by atoms with van der Waals surface area (Å²) in [5.41, 5.74) is -0.622. The Kier molecular flexibility index (Phi) is 6.22. The lowest BCUT2D eigenvalue weighted by atomic mass is 10.00. The lowest BCUT2D eigenvalue weighted by Gasteiger charge is -2.41. The second kappa shape index (κ2) is 7.93. The second-order valence-electron chi connectivity index (χ2n) is 4.72. The molecule has 5 nitrogen and oxygen atoms in total. The molecule has 0 bridgehead atoms. The minimum absolute atomic E-state index is 0.208. The van der Waals surface area contributed by atoms with E-state index in [1.165, 1.54) is 11.8 Å². The highest BCUT2D eigenvalue weighted by atomic mass is 32.2. The van der Waals surface area contributed by atoms with Crippen LogP contribution in [0.3, 0.4) is 0 Å². The largest absolute Gasteiger partial charge is 0.394 e. The lowest BCUT2D eigenvalue weighted by molar-refractivity contribution is -0.217. The Bertz CT molecular complexity index is 441. The highest BCUT2D eigenvalue weighted by molar-refractivity contribution is 7.99. The first-order valence-electron chi connectivity index (χ1n) is 6.74. The molecule has 0 saturated carbocycles. The number of ether oxygens (including phenoxy) is 2. The predicted octanol–water partition coefficient (Wildman–Crippen LogP) is 0.789. The minimum Gasteiger partial charge on any atom is -0.394 e. The number of hydrogen-bond donors (Lipinski definition) is 3. The third kappa shape index (κ3) is 4.06.